The smallest absolute Gasteiger partial charge is 0.325 e. The number of nitrogens with one attached hydrogen (secondary N) is 1. The summed E-state index contributed by atoms with van der Waals surface area (Å²) in [7, 11) is -4.18. The van der Waals surface area contributed by atoms with Crippen LogP contribution in [-0.4, -0.2) is 45.9 Å². The number of nitrogens with zero attached hydrogens (tertiary/aromatic N) is 1. The summed E-state index contributed by atoms with van der Waals surface area (Å²) in [6.45, 7) is 1.08. The Morgan fingerprint density at radius 1 is 1.29 bits per heavy atom. The number of hydroxylamine groups is 2. The second-order valence-electron chi connectivity index (χ2n) is 5.33. The summed E-state index contributed by atoms with van der Waals surface area (Å²) in [5.41, 5.74) is 0.825. The van der Waals surface area contributed by atoms with Crippen molar-refractivity contribution in [2.45, 2.75) is 25.7 Å². The average molecular weight is 357 g/mol. The van der Waals surface area contributed by atoms with E-state index >= 15 is 0 Å². The Hall–Kier alpha value is -1.73. The lowest BCUT2D eigenvalue weighted by Crippen LogP contribution is -2.39. The van der Waals surface area contributed by atoms with Gasteiger partial charge in [0.25, 0.3) is 0 Å². The number of carbonyl (C=O) groups is 2. The maximum Gasteiger partial charge on any atom is 0.325 e. The van der Waals surface area contributed by atoms with E-state index in [0.29, 0.717) is 6.42 Å². The SMILES string of the molecule is CCC(C(=O)NCC(=O)N([O-])CCCP(=O)(O)O)c1ccccc1. The first-order chi connectivity index (χ1) is 11.2. The van der Waals surface area contributed by atoms with Crippen molar-refractivity contribution in [3.63, 3.8) is 0 Å². The number of rotatable bonds is 9. The Labute approximate surface area is 140 Å². The van der Waals surface area contributed by atoms with Crippen LogP contribution in [-0.2, 0) is 14.2 Å². The fourth-order valence-corrected chi connectivity index (χ4v) is 2.73. The van der Waals surface area contributed by atoms with Crippen molar-refractivity contribution in [1.29, 1.82) is 0 Å². The molecule has 0 spiro atoms. The van der Waals surface area contributed by atoms with Crippen LogP contribution in [0.5, 0.6) is 0 Å². The highest BCUT2D eigenvalue weighted by atomic mass is 31.2. The second kappa shape index (κ2) is 9.54. The number of hydrogen-bond acceptors (Lipinski definition) is 4. The average Bonchev–Trinajstić information content (AvgIpc) is 2.53. The lowest BCUT2D eigenvalue weighted by molar-refractivity contribution is -0.131. The molecule has 8 nitrogen and oxygen atoms in total. The van der Waals surface area contributed by atoms with E-state index < -0.39 is 32.1 Å². The third kappa shape index (κ3) is 7.23. The van der Waals surface area contributed by atoms with Crippen LogP contribution in [0.1, 0.15) is 31.2 Å². The quantitative estimate of drug-likeness (QED) is 0.450. The molecule has 1 aromatic carbocycles. The summed E-state index contributed by atoms with van der Waals surface area (Å²) >= 11 is 0. The van der Waals surface area contributed by atoms with Crippen LogP contribution in [0.2, 0.25) is 0 Å². The van der Waals surface area contributed by atoms with Gasteiger partial charge in [-0.25, -0.2) is 0 Å². The zero-order chi connectivity index (χ0) is 18.2. The second-order valence-corrected chi connectivity index (χ2v) is 7.10. The van der Waals surface area contributed by atoms with Gasteiger partial charge in [0.2, 0.25) is 11.8 Å². The molecule has 0 fully saturated rings. The lowest BCUT2D eigenvalue weighted by atomic mass is 9.96. The van der Waals surface area contributed by atoms with Gasteiger partial charge in [0.15, 0.2) is 0 Å². The fourth-order valence-electron chi connectivity index (χ4n) is 2.18. The minimum absolute atomic E-state index is 0.102. The Morgan fingerprint density at radius 2 is 1.92 bits per heavy atom. The topological polar surface area (TPSA) is 130 Å². The minimum atomic E-state index is -4.18. The highest BCUT2D eigenvalue weighted by Gasteiger charge is 2.19. The molecule has 0 heterocycles. The van der Waals surface area contributed by atoms with Gasteiger partial charge in [0, 0.05) is 6.54 Å². The maximum atomic E-state index is 12.2. The Bertz CT molecular complexity index is 589. The molecule has 0 aliphatic carbocycles. The molecule has 0 bridgehead atoms. The van der Waals surface area contributed by atoms with Crippen LogP contribution < -0.4 is 5.32 Å². The van der Waals surface area contributed by atoms with Crippen LogP contribution in [0.4, 0.5) is 0 Å². The number of hydrogen-bond donors (Lipinski definition) is 3. The van der Waals surface area contributed by atoms with Crippen LogP contribution in [0.25, 0.3) is 0 Å². The van der Waals surface area contributed by atoms with Gasteiger partial charge in [-0.1, -0.05) is 37.3 Å². The zero-order valence-electron chi connectivity index (χ0n) is 13.4. The lowest BCUT2D eigenvalue weighted by Gasteiger charge is -2.28. The van der Waals surface area contributed by atoms with E-state index in [2.05, 4.69) is 5.32 Å². The van der Waals surface area contributed by atoms with Crippen molar-refractivity contribution in [3.05, 3.63) is 41.1 Å². The zero-order valence-corrected chi connectivity index (χ0v) is 14.3. The van der Waals surface area contributed by atoms with Gasteiger partial charge in [0.1, 0.15) is 0 Å². The molecule has 9 heteroatoms. The van der Waals surface area contributed by atoms with Crippen LogP contribution in [0.3, 0.4) is 0 Å². The summed E-state index contributed by atoms with van der Waals surface area (Å²) < 4.78 is 10.7. The molecule has 1 atom stereocenters. The Kier molecular flexibility index (Phi) is 8.07. The summed E-state index contributed by atoms with van der Waals surface area (Å²) in [6.07, 6.45) is -0.0141. The van der Waals surface area contributed by atoms with Crippen molar-refractivity contribution in [1.82, 2.24) is 10.4 Å². The van der Waals surface area contributed by atoms with Gasteiger partial charge in [-0.2, -0.15) is 0 Å². The molecule has 0 saturated carbocycles. The highest BCUT2D eigenvalue weighted by Crippen LogP contribution is 2.34. The van der Waals surface area contributed by atoms with Gasteiger partial charge < -0.3 is 25.4 Å². The van der Waals surface area contributed by atoms with E-state index in [4.69, 9.17) is 9.79 Å². The van der Waals surface area contributed by atoms with Crippen molar-refractivity contribution >= 4 is 19.4 Å². The van der Waals surface area contributed by atoms with Gasteiger partial charge in [0.05, 0.1) is 18.6 Å². The van der Waals surface area contributed by atoms with Crippen LogP contribution in [0, 0.1) is 5.21 Å². The maximum absolute atomic E-state index is 12.2. The normalized spacial score (nSPS) is 12.5. The monoisotopic (exact) mass is 357 g/mol. The van der Waals surface area contributed by atoms with E-state index in [1.807, 2.05) is 37.3 Å². The summed E-state index contributed by atoms with van der Waals surface area (Å²) in [5, 5.41) is 14.1. The van der Waals surface area contributed by atoms with Crippen molar-refractivity contribution in [2.75, 3.05) is 19.3 Å². The van der Waals surface area contributed by atoms with Crippen molar-refractivity contribution in [3.8, 4) is 0 Å². The van der Waals surface area contributed by atoms with Crippen LogP contribution in [0.15, 0.2) is 30.3 Å². The highest BCUT2D eigenvalue weighted by molar-refractivity contribution is 7.51. The number of benzene rings is 1. The molecule has 0 radical (unpaired) electrons. The predicted molar refractivity (Wildman–Crippen MR) is 89.1 cm³/mol. The molecule has 1 unspecified atom stereocenters. The van der Waals surface area contributed by atoms with Crippen molar-refractivity contribution in [2.24, 2.45) is 0 Å². The van der Waals surface area contributed by atoms with Gasteiger partial charge in [-0.15, -0.1) is 0 Å². The Morgan fingerprint density at radius 3 is 2.46 bits per heavy atom. The molecule has 2 amide bonds. The fraction of sp³-hybridized carbons (Fsp3) is 0.467. The third-order valence-corrected chi connectivity index (χ3v) is 4.33. The van der Waals surface area contributed by atoms with E-state index in [-0.39, 0.29) is 23.9 Å². The van der Waals surface area contributed by atoms with E-state index in [9.17, 15) is 19.4 Å². The van der Waals surface area contributed by atoms with Crippen molar-refractivity contribution < 1.29 is 23.9 Å². The van der Waals surface area contributed by atoms with Crippen LogP contribution >= 0.6 is 7.60 Å². The molecule has 0 aliphatic rings. The molecule has 24 heavy (non-hydrogen) atoms. The number of carbonyl (C=O) groups excluding carboxylic acids is 2. The molecule has 134 valence electrons. The third-order valence-electron chi connectivity index (χ3n) is 3.43. The van der Waals surface area contributed by atoms with Gasteiger partial charge in [-0.05, 0) is 18.4 Å². The Balaban J connectivity index is 2.44. The first kappa shape index (κ1) is 20.3. The summed E-state index contributed by atoms with van der Waals surface area (Å²) in [4.78, 5) is 41.2. The standard InChI is InChI=1S/C15H22N2O6P/c1-2-13(12-7-4-3-5-8-12)15(19)16-11-14(18)17(20)9-6-10-24(21,22)23/h3-5,7-8,13H,2,6,9-11H2,1H3,(H,16,19)(H2,21,22,23)/q-1. The molecule has 0 aliphatic heterocycles. The van der Waals surface area contributed by atoms with Gasteiger partial charge in [-0.3, -0.25) is 14.2 Å². The first-order valence-corrected chi connectivity index (χ1v) is 9.39. The molecule has 3 N–H and O–H groups in total. The molecule has 0 aromatic heterocycles. The summed E-state index contributed by atoms with van der Waals surface area (Å²) in [6, 6.07) is 9.10. The molecule has 1 rings (SSSR count). The van der Waals surface area contributed by atoms with E-state index in [1.165, 1.54) is 0 Å². The largest absolute Gasteiger partial charge is 0.756 e. The van der Waals surface area contributed by atoms with E-state index in [0.717, 1.165) is 5.56 Å². The van der Waals surface area contributed by atoms with E-state index in [1.54, 1.807) is 0 Å². The molecular weight excluding hydrogens is 335 g/mol. The molecule has 1 aromatic rings. The minimum Gasteiger partial charge on any atom is -0.756 e. The predicted octanol–water partition coefficient (Wildman–Crippen LogP) is 1.19. The van der Waals surface area contributed by atoms with Gasteiger partial charge >= 0.3 is 7.60 Å². The molecule has 0 saturated heterocycles. The number of amides is 2. The first-order valence-electron chi connectivity index (χ1n) is 7.59. The molecular formula is C15H22N2O6P-. The summed E-state index contributed by atoms with van der Waals surface area (Å²) in [5.74, 6) is -1.61.